The highest BCUT2D eigenvalue weighted by atomic mass is 16.5. The van der Waals surface area contributed by atoms with Gasteiger partial charge in [-0.3, -0.25) is 4.79 Å². The summed E-state index contributed by atoms with van der Waals surface area (Å²) in [4.78, 5) is 13.4. The summed E-state index contributed by atoms with van der Waals surface area (Å²) in [5, 5.41) is 5.29. The molecule has 2 heteroatoms. The summed E-state index contributed by atoms with van der Waals surface area (Å²) >= 11 is 0. The van der Waals surface area contributed by atoms with Crippen molar-refractivity contribution in [1.82, 2.24) is 0 Å². The molecule has 2 aliphatic carbocycles. The van der Waals surface area contributed by atoms with Gasteiger partial charge in [-0.05, 0) is 66.1 Å². The molecule has 0 radical (unpaired) electrons. The molecule has 6 rings (SSSR count). The minimum atomic E-state index is -0.192. The van der Waals surface area contributed by atoms with Gasteiger partial charge in [-0.1, -0.05) is 108 Å². The standard InChI is InChI=1S/C34H36O2/c1-33(2,3)22-15-20-13-14-21-16-23(34(4,5)6)18-25-27(21)26(20)24(17-22)29-28(19-11-9-8-10-12-19)31(30(25)29)32(35)36-7/h8-18,28-31H,1-7H3/t28-,29+,30+,31+/m1/s1. The summed E-state index contributed by atoms with van der Waals surface area (Å²) < 4.78 is 5.45. The number of rotatable bonds is 2. The lowest BCUT2D eigenvalue weighted by molar-refractivity contribution is -0.151. The van der Waals surface area contributed by atoms with Crippen LogP contribution in [0.25, 0.3) is 21.5 Å². The van der Waals surface area contributed by atoms with Crippen molar-refractivity contribution in [3.8, 4) is 0 Å². The van der Waals surface area contributed by atoms with E-state index < -0.39 is 0 Å². The minimum absolute atomic E-state index is 0.0227. The first kappa shape index (κ1) is 23.3. The monoisotopic (exact) mass is 476 g/mol. The Kier molecular flexibility index (Phi) is 4.97. The highest BCUT2D eigenvalue weighted by Gasteiger charge is 2.58. The Balaban J connectivity index is 1.73. The second kappa shape index (κ2) is 7.68. The molecule has 1 saturated carbocycles. The lowest BCUT2D eigenvalue weighted by Gasteiger charge is -2.54. The maximum atomic E-state index is 13.4. The number of esters is 1. The van der Waals surface area contributed by atoms with Crippen LogP contribution in [0.3, 0.4) is 0 Å². The number of methoxy groups -OCH3 is 1. The molecule has 0 aromatic heterocycles. The Morgan fingerprint density at radius 1 is 0.667 bits per heavy atom. The van der Waals surface area contributed by atoms with E-state index >= 15 is 0 Å². The van der Waals surface area contributed by atoms with Crippen molar-refractivity contribution in [2.75, 3.05) is 7.11 Å². The number of hydrogen-bond donors (Lipinski definition) is 0. The van der Waals surface area contributed by atoms with E-state index in [1.165, 1.54) is 56.5 Å². The zero-order chi connectivity index (χ0) is 25.6. The maximum Gasteiger partial charge on any atom is 0.309 e. The van der Waals surface area contributed by atoms with Gasteiger partial charge in [-0.2, -0.15) is 0 Å². The van der Waals surface area contributed by atoms with E-state index in [1.54, 1.807) is 0 Å². The van der Waals surface area contributed by atoms with E-state index in [0.717, 1.165) is 0 Å². The van der Waals surface area contributed by atoms with Crippen LogP contribution in [0, 0.1) is 5.92 Å². The average Bonchev–Trinajstić information content (AvgIpc) is 2.81. The number of carbonyl (C=O) groups excluding carboxylic acids is 1. The predicted octanol–water partition coefficient (Wildman–Crippen LogP) is 8.36. The third-order valence-electron chi connectivity index (χ3n) is 8.75. The molecule has 2 aliphatic rings. The van der Waals surface area contributed by atoms with Gasteiger partial charge in [0, 0.05) is 11.8 Å². The predicted molar refractivity (Wildman–Crippen MR) is 149 cm³/mol. The Hall–Kier alpha value is -3.13. The molecular weight excluding hydrogens is 440 g/mol. The van der Waals surface area contributed by atoms with Gasteiger partial charge in [-0.25, -0.2) is 0 Å². The molecule has 0 aliphatic heterocycles. The van der Waals surface area contributed by atoms with Gasteiger partial charge in [0.05, 0.1) is 13.0 Å². The second-order valence-electron chi connectivity index (χ2n) is 12.9. The Bertz CT molecular complexity index is 1510. The molecule has 36 heavy (non-hydrogen) atoms. The Labute approximate surface area is 214 Å². The van der Waals surface area contributed by atoms with E-state index in [9.17, 15) is 4.79 Å². The van der Waals surface area contributed by atoms with E-state index in [0.29, 0.717) is 0 Å². The molecule has 184 valence electrons. The third kappa shape index (κ3) is 3.26. The molecule has 4 atom stereocenters. The molecule has 0 bridgehead atoms. The van der Waals surface area contributed by atoms with E-state index in [-0.39, 0.29) is 40.5 Å². The lowest BCUT2D eigenvalue weighted by atomic mass is 9.48. The molecular formula is C34H36O2. The van der Waals surface area contributed by atoms with Crippen molar-refractivity contribution >= 4 is 27.5 Å². The van der Waals surface area contributed by atoms with Crippen molar-refractivity contribution in [3.63, 3.8) is 0 Å². The van der Waals surface area contributed by atoms with Crippen LogP contribution in [0.1, 0.15) is 87.1 Å². The van der Waals surface area contributed by atoms with Crippen LogP contribution in [0.4, 0.5) is 0 Å². The Morgan fingerprint density at radius 3 is 1.64 bits per heavy atom. The zero-order valence-corrected chi connectivity index (χ0v) is 22.5. The van der Waals surface area contributed by atoms with E-state index in [2.05, 4.69) is 108 Å². The zero-order valence-electron chi connectivity index (χ0n) is 22.5. The molecule has 0 unspecified atom stereocenters. The van der Waals surface area contributed by atoms with Crippen LogP contribution >= 0.6 is 0 Å². The number of fused-ring (bicyclic) bond motifs is 3. The topological polar surface area (TPSA) is 26.3 Å². The summed E-state index contributed by atoms with van der Waals surface area (Å²) in [7, 11) is 1.54. The first-order chi connectivity index (χ1) is 17.0. The van der Waals surface area contributed by atoms with Crippen molar-refractivity contribution in [3.05, 3.63) is 94.5 Å². The van der Waals surface area contributed by atoms with Gasteiger partial charge in [0.1, 0.15) is 0 Å². The van der Waals surface area contributed by atoms with Crippen LogP contribution in [-0.4, -0.2) is 13.1 Å². The fourth-order valence-electron chi connectivity index (χ4n) is 6.83. The minimum Gasteiger partial charge on any atom is -0.469 e. The van der Waals surface area contributed by atoms with Crippen LogP contribution < -0.4 is 0 Å². The summed E-state index contributed by atoms with van der Waals surface area (Å²) in [5.41, 5.74) is 6.69. The fourth-order valence-corrected chi connectivity index (χ4v) is 6.83. The van der Waals surface area contributed by atoms with Gasteiger partial charge >= 0.3 is 5.97 Å². The number of hydrogen-bond acceptors (Lipinski definition) is 2. The molecule has 4 aromatic rings. The van der Waals surface area contributed by atoms with Gasteiger partial charge < -0.3 is 4.74 Å². The molecule has 0 spiro atoms. The van der Waals surface area contributed by atoms with Gasteiger partial charge in [-0.15, -0.1) is 0 Å². The Morgan fingerprint density at radius 2 is 1.17 bits per heavy atom. The third-order valence-corrected chi connectivity index (χ3v) is 8.75. The quantitative estimate of drug-likeness (QED) is 0.215. The molecule has 4 aromatic carbocycles. The highest BCUT2D eigenvalue weighted by molar-refractivity contribution is 6.13. The maximum absolute atomic E-state index is 13.4. The van der Waals surface area contributed by atoms with Crippen LogP contribution in [-0.2, 0) is 20.4 Å². The van der Waals surface area contributed by atoms with Crippen LogP contribution in [0.5, 0.6) is 0 Å². The largest absolute Gasteiger partial charge is 0.469 e. The molecule has 2 nitrogen and oxygen atoms in total. The summed E-state index contributed by atoms with van der Waals surface area (Å²) in [6, 6.07) is 24.8. The summed E-state index contributed by atoms with van der Waals surface area (Å²) in [5.74, 6) is 0.170. The second-order valence-corrected chi connectivity index (χ2v) is 12.9. The molecule has 1 fully saturated rings. The first-order valence-electron chi connectivity index (χ1n) is 13.2. The van der Waals surface area contributed by atoms with Gasteiger partial charge in [0.25, 0.3) is 0 Å². The number of carbonyl (C=O) groups is 1. The average molecular weight is 477 g/mol. The number of benzene rings is 4. The smallest absolute Gasteiger partial charge is 0.309 e. The molecule has 0 amide bonds. The normalized spacial score (nSPS) is 23.0. The molecule has 0 saturated heterocycles. The highest BCUT2D eigenvalue weighted by Crippen LogP contribution is 2.67. The van der Waals surface area contributed by atoms with Gasteiger partial charge in [0.2, 0.25) is 0 Å². The van der Waals surface area contributed by atoms with Crippen molar-refractivity contribution in [1.29, 1.82) is 0 Å². The SMILES string of the molecule is COC(=O)[C@@H]1[C@H]2c3cc(C(C)(C)C)cc4ccc5cc(C(C)(C)C)cc(c5c34)[C@H]2[C@H]1c1ccccc1. The van der Waals surface area contributed by atoms with Crippen LogP contribution in [0.15, 0.2) is 66.7 Å². The van der Waals surface area contributed by atoms with Gasteiger partial charge in [0.15, 0.2) is 0 Å². The molecule has 0 heterocycles. The van der Waals surface area contributed by atoms with Crippen molar-refractivity contribution in [2.45, 2.75) is 70.1 Å². The lowest BCUT2D eigenvalue weighted by Crippen LogP contribution is -2.47. The first-order valence-corrected chi connectivity index (χ1v) is 13.2. The van der Waals surface area contributed by atoms with E-state index in [1.807, 2.05) is 0 Å². The molecule has 0 N–H and O–H groups in total. The van der Waals surface area contributed by atoms with E-state index in [4.69, 9.17) is 4.74 Å². The fraction of sp³-hybridized carbons (Fsp3) is 0.382. The summed E-state index contributed by atoms with van der Waals surface area (Å²) in [6.07, 6.45) is 0. The van der Waals surface area contributed by atoms with Crippen LogP contribution in [0.2, 0.25) is 0 Å². The van der Waals surface area contributed by atoms with Crippen molar-refractivity contribution < 1.29 is 9.53 Å². The van der Waals surface area contributed by atoms with Crippen molar-refractivity contribution in [2.24, 2.45) is 5.92 Å². The summed E-state index contributed by atoms with van der Waals surface area (Å²) in [6.45, 7) is 13.7. The number of ether oxygens (including phenoxy) is 1.